The van der Waals surface area contributed by atoms with E-state index in [1.807, 2.05) is 26.0 Å². The van der Waals surface area contributed by atoms with Crippen molar-refractivity contribution in [2.75, 3.05) is 0 Å². The third kappa shape index (κ3) is 3.29. The van der Waals surface area contributed by atoms with Crippen LogP contribution in [0.15, 0.2) is 41.0 Å². The van der Waals surface area contributed by atoms with Crippen LogP contribution in [0.25, 0.3) is 11.0 Å². The smallest absolute Gasteiger partial charge is 0.310 e. The van der Waals surface area contributed by atoms with Crippen LogP contribution in [0, 0.1) is 19.7 Å². The Balaban J connectivity index is 1.73. The van der Waals surface area contributed by atoms with E-state index in [9.17, 15) is 9.18 Å². The van der Waals surface area contributed by atoms with E-state index in [1.165, 1.54) is 12.1 Å². The van der Waals surface area contributed by atoms with Gasteiger partial charge in [-0.2, -0.15) is 0 Å². The molecule has 0 spiro atoms. The number of carbonyl (C=O) groups is 1. The number of carbonyl (C=O) groups excluding carboxylic acids is 1. The van der Waals surface area contributed by atoms with Crippen LogP contribution >= 0.6 is 11.6 Å². The average Bonchev–Trinajstić information content (AvgIpc) is 2.89. The summed E-state index contributed by atoms with van der Waals surface area (Å²) in [5, 5.41) is 1.13. The van der Waals surface area contributed by atoms with E-state index < -0.39 is 11.8 Å². The lowest BCUT2D eigenvalue weighted by molar-refractivity contribution is -0.144. The summed E-state index contributed by atoms with van der Waals surface area (Å²) in [6.07, 6.45) is 1.61. The van der Waals surface area contributed by atoms with Crippen LogP contribution in [0.5, 0.6) is 0 Å². The fourth-order valence-corrected chi connectivity index (χ4v) is 2.72. The van der Waals surface area contributed by atoms with Gasteiger partial charge in [-0.25, -0.2) is 4.39 Å². The minimum atomic E-state index is -0.491. The molecule has 0 saturated heterocycles. The molecule has 124 valence electrons. The Morgan fingerprint density at radius 1 is 1.25 bits per heavy atom. The minimum Gasteiger partial charge on any atom is -0.464 e. The molecule has 0 aliphatic heterocycles. The van der Waals surface area contributed by atoms with Gasteiger partial charge in [-0.3, -0.25) is 4.79 Å². The van der Waals surface area contributed by atoms with E-state index in [2.05, 4.69) is 0 Å². The number of hydrogen-bond donors (Lipinski definition) is 0. The van der Waals surface area contributed by atoms with Gasteiger partial charge in [0.2, 0.25) is 0 Å². The van der Waals surface area contributed by atoms with Gasteiger partial charge in [0, 0.05) is 16.5 Å². The molecule has 0 amide bonds. The highest BCUT2D eigenvalue weighted by Crippen LogP contribution is 2.26. The van der Waals surface area contributed by atoms with Crippen molar-refractivity contribution in [3.05, 3.63) is 69.7 Å². The second-order valence-electron chi connectivity index (χ2n) is 5.73. The summed E-state index contributed by atoms with van der Waals surface area (Å²) in [6.45, 7) is 3.81. The molecular formula is C19H16ClFO3. The summed E-state index contributed by atoms with van der Waals surface area (Å²) in [7, 11) is 0. The quantitative estimate of drug-likeness (QED) is 0.615. The zero-order valence-electron chi connectivity index (χ0n) is 13.4. The van der Waals surface area contributed by atoms with Crippen molar-refractivity contribution >= 4 is 28.5 Å². The number of aryl methyl sites for hydroxylation is 2. The molecule has 5 heteroatoms. The first-order chi connectivity index (χ1) is 11.5. The van der Waals surface area contributed by atoms with Gasteiger partial charge in [-0.1, -0.05) is 17.7 Å². The van der Waals surface area contributed by atoms with E-state index >= 15 is 0 Å². The number of esters is 1. The van der Waals surface area contributed by atoms with Crippen molar-refractivity contribution in [3.8, 4) is 0 Å². The molecule has 3 nitrogen and oxygen atoms in total. The van der Waals surface area contributed by atoms with Crippen molar-refractivity contribution < 1.29 is 18.3 Å². The summed E-state index contributed by atoms with van der Waals surface area (Å²) >= 11 is 5.92. The van der Waals surface area contributed by atoms with Crippen LogP contribution in [-0.4, -0.2) is 5.97 Å². The second kappa shape index (κ2) is 6.65. The van der Waals surface area contributed by atoms with Crippen molar-refractivity contribution in [1.82, 2.24) is 0 Å². The van der Waals surface area contributed by atoms with Gasteiger partial charge in [-0.05, 0) is 49.2 Å². The summed E-state index contributed by atoms with van der Waals surface area (Å²) in [6, 6.07) is 8.28. The van der Waals surface area contributed by atoms with Gasteiger partial charge >= 0.3 is 5.97 Å². The Bertz CT molecular complexity index is 894. The summed E-state index contributed by atoms with van der Waals surface area (Å²) in [5.41, 5.74) is 3.91. The lowest BCUT2D eigenvalue weighted by atomic mass is 10.0. The number of furan rings is 1. The number of rotatable bonds is 4. The monoisotopic (exact) mass is 346 g/mol. The maximum absolute atomic E-state index is 13.7. The van der Waals surface area contributed by atoms with E-state index in [4.69, 9.17) is 20.8 Å². The van der Waals surface area contributed by atoms with Crippen molar-refractivity contribution in [2.24, 2.45) is 0 Å². The van der Waals surface area contributed by atoms with Crippen LogP contribution in [0.4, 0.5) is 4.39 Å². The third-order valence-corrected chi connectivity index (χ3v) is 4.40. The molecule has 2 aromatic carbocycles. The first-order valence-electron chi connectivity index (χ1n) is 7.51. The average molecular weight is 347 g/mol. The van der Waals surface area contributed by atoms with Crippen LogP contribution in [0.3, 0.4) is 0 Å². The number of hydrogen-bond acceptors (Lipinski definition) is 3. The molecule has 1 aromatic heterocycles. The van der Waals surface area contributed by atoms with Crippen molar-refractivity contribution in [2.45, 2.75) is 26.9 Å². The Morgan fingerprint density at radius 3 is 2.75 bits per heavy atom. The van der Waals surface area contributed by atoms with Crippen LogP contribution in [-0.2, 0) is 22.6 Å². The number of benzene rings is 2. The molecular weight excluding hydrogens is 331 g/mol. The van der Waals surface area contributed by atoms with Crippen LogP contribution in [0.1, 0.15) is 22.3 Å². The predicted molar refractivity (Wildman–Crippen MR) is 90.6 cm³/mol. The lowest BCUT2D eigenvalue weighted by Gasteiger charge is -2.07. The van der Waals surface area contributed by atoms with Gasteiger partial charge < -0.3 is 9.15 Å². The van der Waals surface area contributed by atoms with Crippen molar-refractivity contribution in [3.63, 3.8) is 0 Å². The van der Waals surface area contributed by atoms with Gasteiger partial charge in [0.25, 0.3) is 0 Å². The fourth-order valence-electron chi connectivity index (χ4n) is 2.50. The Morgan fingerprint density at radius 2 is 2.00 bits per heavy atom. The number of ether oxygens (including phenoxy) is 1. The predicted octanol–water partition coefficient (Wildman–Crippen LogP) is 5.13. The molecule has 0 saturated carbocycles. The molecule has 3 aromatic rings. The molecule has 1 heterocycles. The molecule has 0 N–H and O–H groups in total. The number of fused-ring (bicyclic) bond motifs is 1. The molecule has 0 bridgehead atoms. The lowest BCUT2D eigenvalue weighted by Crippen LogP contribution is -2.09. The zero-order valence-corrected chi connectivity index (χ0v) is 14.1. The maximum Gasteiger partial charge on any atom is 0.310 e. The molecule has 0 fully saturated rings. The van der Waals surface area contributed by atoms with Gasteiger partial charge in [-0.15, -0.1) is 0 Å². The van der Waals surface area contributed by atoms with Crippen LogP contribution in [0.2, 0.25) is 5.02 Å². The highest BCUT2D eigenvalue weighted by molar-refractivity contribution is 6.31. The van der Waals surface area contributed by atoms with Crippen LogP contribution < -0.4 is 0 Å². The highest BCUT2D eigenvalue weighted by atomic mass is 35.5. The van der Waals surface area contributed by atoms with E-state index in [0.717, 1.165) is 27.7 Å². The topological polar surface area (TPSA) is 39.4 Å². The largest absolute Gasteiger partial charge is 0.464 e. The van der Waals surface area contributed by atoms with Gasteiger partial charge in [0.1, 0.15) is 18.0 Å². The van der Waals surface area contributed by atoms with Crippen molar-refractivity contribution in [1.29, 1.82) is 0 Å². The number of halogens is 2. The SMILES string of the molecule is Cc1cc2occ(CC(=O)OCc3c(F)cccc3Cl)c2cc1C. The molecule has 3 rings (SSSR count). The van der Waals surface area contributed by atoms with E-state index in [-0.39, 0.29) is 23.6 Å². The fraction of sp³-hybridized carbons (Fsp3) is 0.211. The molecule has 24 heavy (non-hydrogen) atoms. The Kier molecular flexibility index (Phi) is 4.58. The first kappa shape index (κ1) is 16.5. The van der Waals surface area contributed by atoms with Gasteiger partial charge in [0.15, 0.2) is 0 Å². The Hall–Kier alpha value is -2.33. The normalized spacial score (nSPS) is 11.0. The van der Waals surface area contributed by atoms with E-state index in [1.54, 1.807) is 12.3 Å². The minimum absolute atomic E-state index is 0.0571. The summed E-state index contributed by atoms with van der Waals surface area (Å²) in [5.74, 6) is -0.953. The summed E-state index contributed by atoms with van der Waals surface area (Å²) in [4.78, 5) is 12.1. The molecule has 0 unspecified atom stereocenters. The van der Waals surface area contributed by atoms with Gasteiger partial charge in [0.05, 0.1) is 17.7 Å². The second-order valence-corrected chi connectivity index (χ2v) is 6.14. The molecule has 0 aliphatic rings. The maximum atomic E-state index is 13.7. The molecule has 0 atom stereocenters. The molecule has 0 aliphatic carbocycles. The first-order valence-corrected chi connectivity index (χ1v) is 7.89. The summed E-state index contributed by atoms with van der Waals surface area (Å²) < 4.78 is 24.3. The highest BCUT2D eigenvalue weighted by Gasteiger charge is 2.14. The third-order valence-electron chi connectivity index (χ3n) is 4.04. The molecule has 0 radical (unpaired) electrons. The standard InChI is InChI=1S/C19H16ClFO3/c1-11-6-14-13(9-23-18(14)7-12(11)2)8-19(22)24-10-15-16(20)4-3-5-17(15)21/h3-7,9H,8,10H2,1-2H3. The Labute approximate surface area is 144 Å². The zero-order chi connectivity index (χ0) is 17.3. The van der Waals surface area contributed by atoms with E-state index in [0.29, 0.717) is 0 Å².